The number of halogens is 2. The molecule has 2 fully saturated rings. The molecule has 0 aliphatic carbocycles. The molecule has 8 heteroatoms. The summed E-state index contributed by atoms with van der Waals surface area (Å²) in [4.78, 5) is 22.0. The van der Waals surface area contributed by atoms with E-state index in [9.17, 15) is 4.79 Å². The molecule has 29 heavy (non-hydrogen) atoms. The van der Waals surface area contributed by atoms with Crippen molar-refractivity contribution in [2.24, 2.45) is 11.8 Å². The summed E-state index contributed by atoms with van der Waals surface area (Å²) >= 11 is 1.76. The summed E-state index contributed by atoms with van der Waals surface area (Å²) in [6.45, 7) is 15.6. The standard InChI is InChI=1S/C21H36N4OS.2ClH/c1-16(17-5-7-22-8-6-17)13-19(26)25-11-9-24(10-12-25)14-18-15-27-20(23-18)21(2,3)4;;/h15-17,22H,5-14H2,1-4H3;2*1H. The molecule has 1 N–H and O–H groups in total. The Balaban J connectivity index is 0.00000210. The SMILES string of the molecule is CC(CC(=O)N1CCN(Cc2csc(C(C)(C)C)n2)CC1)C1CCNCC1.Cl.Cl. The average molecular weight is 466 g/mol. The molecule has 1 unspecified atom stereocenters. The van der Waals surface area contributed by atoms with Crippen LogP contribution in [0, 0.1) is 11.8 Å². The third-order valence-electron chi connectivity index (χ3n) is 5.99. The molecule has 1 aromatic rings. The molecule has 0 bridgehead atoms. The zero-order valence-electron chi connectivity index (χ0n) is 18.3. The number of carbonyl (C=O) groups is 1. The lowest BCUT2D eigenvalue weighted by Crippen LogP contribution is -2.48. The van der Waals surface area contributed by atoms with Crippen LogP contribution in [0.3, 0.4) is 0 Å². The topological polar surface area (TPSA) is 48.5 Å². The molecular formula is C21H38Cl2N4OS. The first-order valence-electron chi connectivity index (χ1n) is 10.5. The summed E-state index contributed by atoms with van der Waals surface area (Å²) in [6.07, 6.45) is 3.14. The second kappa shape index (κ2) is 11.8. The molecule has 1 amide bonds. The van der Waals surface area contributed by atoms with Gasteiger partial charge in [-0.05, 0) is 37.8 Å². The van der Waals surface area contributed by atoms with Gasteiger partial charge in [-0.25, -0.2) is 4.98 Å². The van der Waals surface area contributed by atoms with Gasteiger partial charge in [0.15, 0.2) is 0 Å². The maximum Gasteiger partial charge on any atom is 0.222 e. The molecule has 2 aliphatic heterocycles. The molecule has 0 radical (unpaired) electrons. The third kappa shape index (κ3) is 7.66. The molecule has 2 saturated heterocycles. The van der Waals surface area contributed by atoms with Crippen molar-refractivity contribution in [2.75, 3.05) is 39.3 Å². The Bertz CT molecular complexity index is 620. The van der Waals surface area contributed by atoms with Crippen molar-refractivity contribution in [3.63, 3.8) is 0 Å². The number of carbonyl (C=O) groups excluding carboxylic acids is 1. The van der Waals surface area contributed by atoms with Crippen LogP contribution in [-0.2, 0) is 16.8 Å². The predicted molar refractivity (Wildman–Crippen MR) is 127 cm³/mol. The number of piperidine rings is 1. The van der Waals surface area contributed by atoms with Crippen LogP contribution in [0.25, 0.3) is 0 Å². The summed E-state index contributed by atoms with van der Waals surface area (Å²) in [5.74, 6) is 1.56. The minimum atomic E-state index is 0. The molecule has 2 aliphatic rings. The number of nitrogens with one attached hydrogen (secondary N) is 1. The highest BCUT2D eigenvalue weighted by molar-refractivity contribution is 7.09. The number of aromatic nitrogens is 1. The molecule has 1 atom stereocenters. The van der Waals surface area contributed by atoms with Gasteiger partial charge < -0.3 is 10.2 Å². The van der Waals surface area contributed by atoms with Crippen LogP contribution in [0.1, 0.15) is 57.7 Å². The van der Waals surface area contributed by atoms with Crippen LogP contribution in [0.15, 0.2) is 5.38 Å². The number of rotatable bonds is 5. The molecule has 3 rings (SSSR count). The first-order chi connectivity index (χ1) is 12.8. The predicted octanol–water partition coefficient (Wildman–Crippen LogP) is 3.95. The fourth-order valence-electron chi connectivity index (χ4n) is 4.09. The van der Waals surface area contributed by atoms with Crippen molar-refractivity contribution in [1.82, 2.24) is 20.1 Å². The summed E-state index contributed by atoms with van der Waals surface area (Å²) in [5.41, 5.74) is 1.29. The van der Waals surface area contributed by atoms with Crippen molar-refractivity contribution >= 4 is 42.1 Å². The second-order valence-corrected chi connectivity index (χ2v) is 10.2. The van der Waals surface area contributed by atoms with Crippen molar-refractivity contribution in [1.29, 1.82) is 0 Å². The number of hydrogen-bond donors (Lipinski definition) is 1. The van der Waals surface area contributed by atoms with Gasteiger partial charge in [-0.15, -0.1) is 36.2 Å². The van der Waals surface area contributed by atoms with Gasteiger partial charge in [0.2, 0.25) is 5.91 Å². The Hall–Kier alpha value is -0.400. The van der Waals surface area contributed by atoms with Crippen LogP contribution < -0.4 is 5.32 Å². The average Bonchev–Trinajstić information content (AvgIpc) is 3.12. The van der Waals surface area contributed by atoms with Crippen LogP contribution in [0.4, 0.5) is 0 Å². The maximum atomic E-state index is 12.7. The largest absolute Gasteiger partial charge is 0.340 e. The number of nitrogens with zero attached hydrogens (tertiary/aromatic N) is 3. The van der Waals surface area contributed by atoms with E-state index in [0.29, 0.717) is 24.2 Å². The van der Waals surface area contributed by atoms with Gasteiger partial charge in [-0.1, -0.05) is 27.7 Å². The Morgan fingerprint density at radius 3 is 2.38 bits per heavy atom. The summed E-state index contributed by atoms with van der Waals surface area (Å²) in [6, 6.07) is 0. The normalized spacial score (nSPS) is 19.9. The summed E-state index contributed by atoms with van der Waals surface area (Å²) in [7, 11) is 0. The highest BCUT2D eigenvalue weighted by atomic mass is 35.5. The van der Waals surface area contributed by atoms with E-state index in [1.165, 1.54) is 23.5 Å². The molecule has 0 aromatic carbocycles. The van der Waals surface area contributed by atoms with Crippen molar-refractivity contribution in [3.05, 3.63) is 16.1 Å². The highest BCUT2D eigenvalue weighted by Crippen LogP contribution is 2.27. The molecule has 3 heterocycles. The number of hydrogen-bond acceptors (Lipinski definition) is 5. The Labute approximate surface area is 192 Å². The van der Waals surface area contributed by atoms with Crippen LogP contribution in [0.5, 0.6) is 0 Å². The third-order valence-corrected chi connectivity index (χ3v) is 7.31. The lowest BCUT2D eigenvalue weighted by molar-refractivity contribution is -0.134. The van der Waals surface area contributed by atoms with Gasteiger partial charge in [0.05, 0.1) is 10.7 Å². The van der Waals surface area contributed by atoms with Crippen molar-refractivity contribution < 1.29 is 4.79 Å². The van der Waals surface area contributed by atoms with Gasteiger partial charge in [0, 0.05) is 49.9 Å². The highest BCUT2D eigenvalue weighted by Gasteiger charge is 2.27. The lowest BCUT2D eigenvalue weighted by atomic mass is 9.84. The van der Waals surface area contributed by atoms with Crippen LogP contribution in [-0.4, -0.2) is 60.0 Å². The van der Waals surface area contributed by atoms with E-state index in [-0.39, 0.29) is 30.2 Å². The number of amides is 1. The summed E-state index contributed by atoms with van der Waals surface area (Å²) in [5, 5.41) is 6.82. The van der Waals surface area contributed by atoms with Gasteiger partial charge in [0.25, 0.3) is 0 Å². The minimum absolute atomic E-state index is 0. The van der Waals surface area contributed by atoms with E-state index < -0.39 is 0 Å². The van der Waals surface area contributed by atoms with Crippen molar-refractivity contribution in [3.8, 4) is 0 Å². The van der Waals surface area contributed by atoms with E-state index in [2.05, 4.69) is 48.2 Å². The Morgan fingerprint density at radius 2 is 1.83 bits per heavy atom. The Kier molecular flexibility index (Phi) is 10.9. The fourth-order valence-corrected chi connectivity index (χ4v) is 4.99. The van der Waals surface area contributed by atoms with E-state index in [1.807, 2.05) is 0 Å². The second-order valence-electron chi connectivity index (χ2n) is 9.32. The number of piperazine rings is 1. The fraction of sp³-hybridized carbons (Fsp3) is 0.810. The van der Waals surface area contributed by atoms with E-state index in [1.54, 1.807) is 11.3 Å². The lowest BCUT2D eigenvalue weighted by Gasteiger charge is -2.36. The van der Waals surface area contributed by atoms with Gasteiger partial charge in [-0.2, -0.15) is 0 Å². The van der Waals surface area contributed by atoms with Crippen LogP contribution >= 0.6 is 36.2 Å². The summed E-state index contributed by atoms with van der Waals surface area (Å²) < 4.78 is 0. The molecule has 5 nitrogen and oxygen atoms in total. The molecular weight excluding hydrogens is 427 g/mol. The monoisotopic (exact) mass is 464 g/mol. The van der Waals surface area contributed by atoms with E-state index >= 15 is 0 Å². The van der Waals surface area contributed by atoms with E-state index in [4.69, 9.17) is 4.98 Å². The quantitative estimate of drug-likeness (QED) is 0.716. The van der Waals surface area contributed by atoms with Gasteiger partial charge in [-0.3, -0.25) is 9.69 Å². The van der Waals surface area contributed by atoms with Gasteiger partial charge in [0.1, 0.15) is 0 Å². The maximum absolute atomic E-state index is 12.7. The van der Waals surface area contributed by atoms with Crippen LogP contribution in [0.2, 0.25) is 0 Å². The van der Waals surface area contributed by atoms with Crippen molar-refractivity contribution in [2.45, 2.75) is 58.9 Å². The molecule has 1 aromatic heterocycles. The smallest absolute Gasteiger partial charge is 0.222 e. The van der Waals surface area contributed by atoms with Gasteiger partial charge >= 0.3 is 0 Å². The first-order valence-corrected chi connectivity index (χ1v) is 11.4. The number of thiazole rings is 1. The molecule has 0 saturated carbocycles. The Morgan fingerprint density at radius 1 is 1.21 bits per heavy atom. The molecule has 168 valence electrons. The zero-order chi connectivity index (χ0) is 19.4. The van der Waals surface area contributed by atoms with E-state index in [0.717, 1.165) is 45.8 Å². The molecule has 0 spiro atoms. The first kappa shape index (κ1) is 26.6. The minimum Gasteiger partial charge on any atom is -0.340 e. The zero-order valence-corrected chi connectivity index (χ0v) is 20.7.